The molecule has 0 radical (unpaired) electrons. The maximum Gasteiger partial charge on any atom is 0.290 e. The van der Waals surface area contributed by atoms with Crippen LogP contribution in [0.4, 0.5) is 0 Å². The molecule has 2 amide bonds. The maximum atomic E-state index is 12.0. The van der Waals surface area contributed by atoms with Crippen LogP contribution < -0.4 is 16.4 Å². The highest BCUT2D eigenvalue weighted by atomic mass is 16.5. The number of aromatic nitrogens is 2. The lowest BCUT2D eigenvalue weighted by Crippen LogP contribution is -2.43. The van der Waals surface area contributed by atoms with Crippen LogP contribution >= 0.6 is 0 Å². The summed E-state index contributed by atoms with van der Waals surface area (Å²) in [6.07, 6.45) is 0.141. The van der Waals surface area contributed by atoms with Crippen molar-refractivity contribution < 1.29 is 14.3 Å². The third-order valence-corrected chi connectivity index (χ3v) is 3.13. The highest BCUT2D eigenvalue weighted by molar-refractivity contribution is 5.93. The van der Waals surface area contributed by atoms with Crippen LogP contribution in [0.3, 0.4) is 0 Å². The molecule has 0 aliphatic rings. The molecule has 0 aliphatic heterocycles. The largest absolute Gasteiger partial charge is 0.383 e. The number of methoxy groups -OCH3 is 1. The standard InChI is InChI=1S/C16H18N4O4/c1-24-10-9-20-15(22)8-7-13(19-20)16(23)18-17-14(21)11-12-5-3-2-4-6-12/h2-8H,9-11H2,1H3,(H,17,21)(H,18,23). The molecule has 0 aliphatic carbocycles. The first-order valence-corrected chi connectivity index (χ1v) is 7.30. The van der Waals surface area contributed by atoms with Gasteiger partial charge in [-0.25, -0.2) is 4.68 Å². The van der Waals surface area contributed by atoms with Gasteiger partial charge in [0.15, 0.2) is 5.69 Å². The van der Waals surface area contributed by atoms with Crippen LogP contribution in [-0.4, -0.2) is 35.3 Å². The topological polar surface area (TPSA) is 102 Å². The molecule has 126 valence electrons. The highest BCUT2D eigenvalue weighted by Crippen LogP contribution is 1.98. The van der Waals surface area contributed by atoms with E-state index >= 15 is 0 Å². The summed E-state index contributed by atoms with van der Waals surface area (Å²) in [6, 6.07) is 11.7. The van der Waals surface area contributed by atoms with Crippen molar-refractivity contribution in [2.24, 2.45) is 0 Å². The van der Waals surface area contributed by atoms with Gasteiger partial charge in [0, 0.05) is 13.2 Å². The van der Waals surface area contributed by atoms with Crippen molar-refractivity contribution in [2.75, 3.05) is 13.7 Å². The van der Waals surface area contributed by atoms with Gasteiger partial charge in [0.1, 0.15) is 0 Å². The van der Waals surface area contributed by atoms with E-state index in [0.717, 1.165) is 10.2 Å². The zero-order valence-electron chi connectivity index (χ0n) is 13.2. The second-order valence-corrected chi connectivity index (χ2v) is 4.94. The van der Waals surface area contributed by atoms with Gasteiger partial charge in [0.25, 0.3) is 11.5 Å². The second-order valence-electron chi connectivity index (χ2n) is 4.94. The van der Waals surface area contributed by atoms with Crippen LogP contribution in [0.1, 0.15) is 16.1 Å². The van der Waals surface area contributed by atoms with E-state index < -0.39 is 5.91 Å². The van der Waals surface area contributed by atoms with E-state index in [1.165, 1.54) is 19.2 Å². The van der Waals surface area contributed by atoms with Crippen molar-refractivity contribution in [2.45, 2.75) is 13.0 Å². The second kappa shape index (κ2) is 8.59. The van der Waals surface area contributed by atoms with Crippen LogP contribution in [0.25, 0.3) is 0 Å². The summed E-state index contributed by atoms with van der Waals surface area (Å²) in [5.41, 5.74) is 5.10. The Balaban J connectivity index is 1.92. The van der Waals surface area contributed by atoms with Gasteiger partial charge in [-0.3, -0.25) is 25.2 Å². The van der Waals surface area contributed by atoms with E-state index in [1.807, 2.05) is 30.3 Å². The van der Waals surface area contributed by atoms with E-state index in [2.05, 4.69) is 16.0 Å². The number of ether oxygens (including phenoxy) is 1. The molecule has 8 heteroatoms. The summed E-state index contributed by atoms with van der Waals surface area (Å²) in [5.74, 6) is -0.968. The number of benzene rings is 1. The van der Waals surface area contributed by atoms with Crippen LogP contribution in [0.5, 0.6) is 0 Å². The first-order chi connectivity index (χ1) is 11.6. The van der Waals surface area contributed by atoms with Gasteiger partial charge >= 0.3 is 0 Å². The Morgan fingerprint density at radius 1 is 1.12 bits per heavy atom. The van der Waals surface area contributed by atoms with Gasteiger partial charge in [0.2, 0.25) is 5.91 Å². The van der Waals surface area contributed by atoms with Crippen LogP contribution in [0.2, 0.25) is 0 Å². The maximum absolute atomic E-state index is 12.0. The molecule has 8 nitrogen and oxygen atoms in total. The fourth-order valence-corrected chi connectivity index (χ4v) is 1.92. The molecular formula is C16H18N4O4. The van der Waals surface area contributed by atoms with Gasteiger partial charge in [-0.1, -0.05) is 30.3 Å². The molecule has 1 aromatic heterocycles. The molecule has 2 N–H and O–H groups in total. The summed E-state index contributed by atoms with van der Waals surface area (Å²) in [5, 5.41) is 3.93. The zero-order valence-corrected chi connectivity index (χ0v) is 13.2. The monoisotopic (exact) mass is 330 g/mol. The third-order valence-electron chi connectivity index (χ3n) is 3.13. The number of amides is 2. The zero-order chi connectivity index (χ0) is 17.4. The predicted octanol–water partition coefficient (Wildman–Crippen LogP) is -0.107. The van der Waals surface area contributed by atoms with Crippen molar-refractivity contribution in [3.05, 3.63) is 64.1 Å². The summed E-state index contributed by atoms with van der Waals surface area (Å²) < 4.78 is 6.01. The molecule has 0 atom stereocenters. The van der Waals surface area contributed by atoms with Crippen molar-refractivity contribution in [3.8, 4) is 0 Å². The molecule has 0 saturated heterocycles. The molecule has 0 unspecified atom stereocenters. The van der Waals surface area contributed by atoms with Gasteiger partial charge < -0.3 is 4.74 Å². The van der Waals surface area contributed by atoms with E-state index in [1.54, 1.807) is 0 Å². The van der Waals surface area contributed by atoms with E-state index in [9.17, 15) is 14.4 Å². The molecule has 0 bridgehead atoms. The lowest BCUT2D eigenvalue weighted by molar-refractivity contribution is -0.121. The molecule has 2 aromatic rings. The number of hydrogen-bond acceptors (Lipinski definition) is 5. The quantitative estimate of drug-likeness (QED) is 0.720. The van der Waals surface area contributed by atoms with E-state index in [4.69, 9.17) is 4.74 Å². The molecule has 24 heavy (non-hydrogen) atoms. The number of carbonyl (C=O) groups excluding carboxylic acids is 2. The van der Waals surface area contributed by atoms with E-state index in [-0.39, 0.29) is 30.1 Å². The summed E-state index contributed by atoms with van der Waals surface area (Å²) in [4.78, 5) is 35.4. The lowest BCUT2D eigenvalue weighted by atomic mass is 10.1. The minimum absolute atomic E-state index is 0.0192. The van der Waals surface area contributed by atoms with Crippen molar-refractivity contribution >= 4 is 11.8 Å². The molecule has 1 aromatic carbocycles. The fourth-order valence-electron chi connectivity index (χ4n) is 1.92. The number of nitrogens with zero attached hydrogens (tertiary/aromatic N) is 2. The van der Waals surface area contributed by atoms with Crippen molar-refractivity contribution in [1.82, 2.24) is 20.6 Å². The Kier molecular flexibility index (Phi) is 6.21. The van der Waals surface area contributed by atoms with E-state index in [0.29, 0.717) is 6.61 Å². The number of hydrazine groups is 1. The molecule has 0 saturated carbocycles. The minimum atomic E-state index is -0.609. The lowest BCUT2D eigenvalue weighted by Gasteiger charge is -2.08. The summed E-state index contributed by atoms with van der Waals surface area (Å²) in [6.45, 7) is 0.530. The number of nitrogens with one attached hydrogen (secondary N) is 2. The Morgan fingerprint density at radius 2 is 1.88 bits per heavy atom. The fraction of sp³-hybridized carbons (Fsp3) is 0.250. The Labute approximate surface area is 138 Å². The first-order valence-electron chi connectivity index (χ1n) is 7.30. The highest BCUT2D eigenvalue weighted by Gasteiger charge is 2.11. The van der Waals surface area contributed by atoms with Gasteiger partial charge in [-0.2, -0.15) is 5.10 Å². The van der Waals surface area contributed by atoms with Crippen LogP contribution in [0.15, 0.2) is 47.3 Å². The van der Waals surface area contributed by atoms with Crippen LogP contribution in [0, 0.1) is 0 Å². The average Bonchev–Trinajstić information content (AvgIpc) is 2.60. The Morgan fingerprint density at radius 3 is 2.58 bits per heavy atom. The summed E-state index contributed by atoms with van der Waals surface area (Å²) >= 11 is 0. The minimum Gasteiger partial charge on any atom is -0.383 e. The average molecular weight is 330 g/mol. The smallest absolute Gasteiger partial charge is 0.290 e. The van der Waals surface area contributed by atoms with Crippen molar-refractivity contribution in [1.29, 1.82) is 0 Å². The van der Waals surface area contributed by atoms with Crippen LogP contribution in [-0.2, 0) is 22.5 Å². The molecular weight excluding hydrogens is 312 g/mol. The molecule has 0 fully saturated rings. The number of rotatable bonds is 6. The first kappa shape index (κ1) is 17.4. The predicted molar refractivity (Wildman–Crippen MR) is 86.1 cm³/mol. The summed E-state index contributed by atoms with van der Waals surface area (Å²) in [7, 11) is 1.50. The van der Waals surface area contributed by atoms with Gasteiger partial charge in [0.05, 0.1) is 19.6 Å². The number of hydrogen-bond donors (Lipinski definition) is 2. The molecule has 2 rings (SSSR count). The molecule has 0 spiro atoms. The SMILES string of the molecule is COCCn1nc(C(=O)NNC(=O)Cc2ccccc2)ccc1=O. The van der Waals surface area contributed by atoms with Gasteiger partial charge in [-0.05, 0) is 11.6 Å². The number of carbonyl (C=O) groups is 2. The van der Waals surface area contributed by atoms with Gasteiger partial charge in [-0.15, -0.1) is 0 Å². The third kappa shape index (κ3) is 5.03. The Hall–Kier alpha value is -3.00. The molecule has 1 heterocycles. The Bertz CT molecular complexity index is 758. The van der Waals surface area contributed by atoms with Crippen molar-refractivity contribution in [3.63, 3.8) is 0 Å². The normalized spacial score (nSPS) is 10.2.